The van der Waals surface area contributed by atoms with Crippen LogP contribution >= 0.6 is 15.9 Å². The molecule has 1 fully saturated rings. The molecule has 10 heteroatoms. The lowest BCUT2D eigenvalue weighted by Crippen LogP contribution is -2.31. The van der Waals surface area contributed by atoms with Crippen LogP contribution in [-0.2, 0) is 16.1 Å². The highest BCUT2D eigenvalue weighted by Gasteiger charge is 2.45. The Balaban J connectivity index is 1.74. The van der Waals surface area contributed by atoms with Crippen molar-refractivity contribution in [1.82, 2.24) is 14.5 Å². The number of aromatic nitrogens is 2. The molecular formula is C23H19BrN4O5. The molecule has 2 heterocycles. The summed E-state index contributed by atoms with van der Waals surface area (Å²) in [4.78, 5) is 41.9. The van der Waals surface area contributed by atoms with Crippen LogP contribution in [0.1, 0.15) is 23.6 Å². The molecule has 1 aromatic heterocycles. The second kappa shape index (κ2) is 9.37. The molecule has 2 aromatic carbocycles. The highest BCUT2D eigenvalue weighted by atomic mass is 79.9. The molecule has 9 nitrogen and oxygen atoms in total. The maximum Gasteiger partial charge on any atom is 0.295 e. The number of halogens is 1. The number of aryl methyl sites for hydroxylation is 1. The Kier molecular flexibility index (Phi) is 6.36. The average molecular weight is 511 g/mol. The topological polar surface area (TPSA) is 119 Å². The number of Topliss-reactive ketones (excluding diaryl/α,β-unsaturated/α-hetero) is 1. The second-order valence-electron chi connectivity index (χ2n) is 7.50. The highest BCUT2D eigenvalue weighted by Crippen LogP contribution is 2.40. The normalized spacial score (nSPS) is 17.5. The van der Waals surface area contributed by atoms with Crippen LogP contribution in [0.4, 0.5) is 5.69 Å². The summed E-state index contributed by atoms with van der Waals surface area (Å²) in [6, 6.07) is 11.5. The van der Waals surface area contributed by atoms with Crippen LogP contribution in [0.5, 0.6) is 0 Å². The molecule has 1 saturated heterocycles. The molecule has 4 rings (SSSR count). The molecule has 1 N–H and O–H groups in total. The number of rotatable bonds is 7. The van der Waals surface area contributed by atoms with Gasteiger partial charge in [0.15, 0.2) is 0 Å². The second-order valence-corrected chi connectivity index (χ2v) is 8.42. The smallest absolute Gasteiger partial charge is 0.295 e. The fourth-order valence-corrected chi connectivity index (χ4v) is 4.11. The van der Waals surface area contributed by atoms with Crippen LogP contribution in [0.25, 0.3) is 5.76 Å². The molecule has 0 spiro atoms. The average Bonchev–Trinajstić information content (AvgIpc) is 3.41. The molecule has 3 aromatic rings. The Morgan fingerprint density at radius 2 is 1.79 bits per heavy atom. The van der Waals surface area contributed by atoms with Crippen LogP contribution in [-0.4, -0.2) is 42.7 Å². The molecule has 0 aliphatic carbocycles. The van der Waals surface area contributed by atoms with Crippen molar-refractivity contribution in [2.24, 2.45) is 0 Å². The van der Waals surface area contributed by atoms with Gasteiger partial charge in [-0.3, -0.25) is 19.7 Å². The quantitative estimate of drug-likeness (QED) is 0.168. The maximum absolute atomic E-state index is 13.0. The molecule has 33 heavy (non-hydrogen) atoms. The summed E-state index contributed by atoms with van der Waals surface area (Å²) >= 11 is 3.33. The third-order valence-electron chi connectivity index (χ3n) is 5.45. The summed E-state index contributed by atoms with van der Waals surface area (Å²) < 4.78 is 2.66. The lowest BCUT2D eigenvalue weighted by atomic mass is 9.95. The number of non-ortho nitro benzene ring substituents is 1. The number of nitro benzene ring substituents is 1. The van der Waals surface area contributed by atoms with Gasteiger partial charge in [-0.2, -0.15) is 0 Å². The van der Waals surface area contributed by atoms with E-state index in [0.717, 1.165) is 4.47 Å². The molecule has 0 radical (unpaired) electrons. The summed E-state index contributed by atoms with van der Waals surface area (Å²) in [5.41, 5.74) is 0.741. The largest absolute Gasteiger partial charge is 0.507 e. The number of nitro groups is 1. The van der Waals surface area contributed by atoms with Gasteiger partial charge in [0.25, 0.3) is 17.4 Å². The van der Waals surface area contributed by atoms with Crippen LogP contribution in [0.15, 0.2) is 77.3 Å². The van der Waals surface area contributed by atoms with Crippen molar-refractivity contribution in [3.8, 4) is 0 Å². The van der Waals surface area contributed by atoms with Gasteiger partial charge < -0.3 is 14.6 Å². The van der Waals surface area contributed by atoms with Gasteiger partial charge in [0, 0.05) is 47.7 Å². The standard InChI is InChI=1S/C23H19BrN4O5/c24-17-6-2-16(3-7-17)21(29)19-20(15-4-8-18(9-5-15)28(32)33)27(23(31)22(19)30)12-1-11-26-13-10-25-14-26/h2-10,13-14,20,29H,1,11-12H2/t20-/m1/s1. The van der Waals surface area contributed by atoms with Crippen molar-refractivity contribution >= 4 is 39.1 Å². The number of benzene rings is 2. The summed E-state index contributed by atoms with van der Waals surface area (Å²) in [6.45, 7) is 0.838. The SMILES string of the molecule is O=C1C(=O)N(CCCn2ccnc2)[C@H](c2ccc([N+](=O)[O-])cc2)C1=C(O)c1ccc(Br)cc1. The van der Waals surface area contributed by atoms with Crippen molar-refractivity contribution in [2.75, 3.05) is 6.54 Å². The predicted molar refractivity (Wildman–Crippen MR) is 123 cm³/mol. The Hall–Kier alpha value is -3.79. The molecule has 1 atom stereocenters. The van der Waals surface area contributed by atoms with Gasteiger partial charge in [0.1, 0.15) is 5.76 Å². The molecule has 0 saturated carbocycles. The zero-order valence-electron chi connectivity index (χ0n) is 17.3. The Morgan fingerprint density at radius 1 is 1.09 bits per heavy atom. The van der Waals surface area contributed by atoms with Crippen LogP contribution in [0, 0.1) is 10.1 Å². The number of hydrogen-bond donors (Lipinski definition) is 1. The molecule has 1 aliphatic rings. The minimum absolute atomic E-state index is 0.0428. The highest BCUT2D eigenvalue weighted by molar-refractivity contribution is 9.10. The lowest BCUT2D eigenvalue weighted by molar-refractivity contribution is -0.384. The van der Waals surface area contributed by atoms with E-state index in [1.54, 1.807) is 43.0 Å². The Bertz CT molecular complexity index is 1220. The van der Waals surface area contributed by atoms with Crippen molar-refractivity contribution < 1.29 is 19.6 Å². The van der Waals surface area contributed by atoms with Gasteiger partial charge >= 0.3 is 0 Å². The van der Waals surface area contributed by atoms with Gasteiger partial charge in [-0.25, -0.2) is 4.98 Å². The van der Waals surface area contributed by atoms with E-state index >= 15 is 0 Å². The number of carbonyl (C=O) groups is 2. The van der Waals surface area contributed by atoms with E-state index in [-0.39, 0.29) is 23.6 Å². The number of imidazole rings is 1. The fraction of sp³-hybridized carbons (Fsp3) is 0.174. The predicted octanol–water partition coefficient (Wildman–Crippen LogP) is 4.07. The van der Waals surface area contributed by atoms with Gasteiger partial charge in [0.2, 0.25) is 0 Å². The lowest BCUT2D eigenvalue weighted by Gasteiger charge is -2.25. The third kappa shape index (κ3) is 4.56. The zero-order chi connectivity index (χ0) is 23.5. The first-order valence-corrected chi connectivity index (χ1v) is 10.9. The fourth-order valence-electron chi connectivity index (χ4n) is 3.84. The van der Waals surface area contributed by atoms with E-state index in [4.69, 9.17) is 0 Å². The van der Waals surface area contributed by atoms with Crippen molar-refractivity contribution in [3.05, 3.63) is 98.5 Å². The van der Waals surface area contributed by atoms with Gasteiger partial charge in [-0.1, -0.05) is 28.1 Å². The number of nitrogens with zero attached hydrogens (tertiary/aromatic N) is 4. The number of aliphatic hydroxyl groups excluding tert-OH is 1. The van der Waals surface area contributed by atoms with Crippen molar-refractivity contribution in [1.29, 1.82) is 0 Å². The van der Waals surface area contributed by atoms with Crippen molar-refractivity contribution in [3.63, 3.8) is 0 Å². The monoisotopic (exact) mass is 510 g/mol. The summed E-state index contributed by atoms with van der Waals surface area (Å²) in [5, 5.41) is 22.1. The first-order chi connectivity index (χ1) is 15.9. The van der Waals surface area contributed by atoms with E-state index in [0.29, 0.717) is 24.1 Å². The van der Waals surface area contributed by atoms with E-state index in [2.05, 4.69) is 20.9 Å². The minimum Gasteiger partial charge on any atom is -0.507 e. The summed E-state index contributed by atoms with van der Waals surface area (Å²) in [7, 11) is 0. The maximum atomic E-state index is 13.0. The van der Waals surface area contributed by atoms with Crippen LogP contribution in [0.3, 0.4) is 0 Å². The number of likely N-dealkylation sites (tertiary alicyclic amines) is 1. The number of aliphatic hydroxyl groups is 1. The number of carbonyl (C=O) groups excluding carboxylic acids is 2. The third-order valence-corrected chi connectivity index (χ3v) is 5.98. The molecule has 168 valence electrons. The summed E-state index contributed by atoms with van der Waals surface area (Å²) in [6.07, 6.45) is 5.66. The van der Waals surface area contributed by atoms with E-state index in [1.165, 1.54) is 29.2 Å². The number of ketones is 1. The van der Waals surface area contributed by atoms with E-state index < -0.39 is 22.7 Å². The molecule has 0 bridgehead atoms. The zero-order valence-corrected chi connectivity index (χ0v) is 18.9. The number of hydrogen-bond acceptors (Lipinski definition) is 6. The van der Waals surface area contributed by atoms with Crippen LogP contribution < -0.4 is 0 Å². The molecule has 1 aliphatic heterocycles. The van der Waals surface area contributed by atoms with Gasteiger partial charge in [0.05, 0.1) is 22.9 Å². The van der Waals surface area contributed by atoms with E-state index in [9.17, 15) is 24.8 Å². The van der Waals surface area contributed by atoms with E-state index in [1.807, 2.05) is 4.57 Å². The van der Waals surface area contributed by atoms with Gasteiger partial charge in [-0.05, 0) is 36.2 Å². The Labute approximate surface area is 197 Å². The first-order valence-electron chi connectivity index (χ1n) is 10.1. The number of amides is 1. The summed E-state index contributed by atoms with van der Waals surface area (Å²) in [5.74, 6) is -1.80. The molecular weight excluding hydrogens is 492 g/mol. The van der Waals surface area contributed by atoms with Crippen molar-refractivity contribution in [2.45, 2.75) is 19.0 Å². The van der Waals surface area contributed by atoms with Gasteiger partial charge in [-0.15, -0.1) is 0 Å². The molecule has 1 amide bonds. The van der Waals surface area contributed by atoms with Crippen LogP contribution in [0.2, 0.25) is 0 Å². The molecule has 0 unspecified atom stereocenters. The first kappa shape index (κ1) is 22.4. The Morgan fingerprint density at radius 3 is 2.39 bits per heavy atom. The minimum atomic E-state index is -0.864.